The quantitative estimate of drug-likeness (QED) is 0.800. The molecule has 0 radical (unpaired) electrons. The summed E-state index contributed by atoms with van der Waals surface area (Å²) >= 11 is 0. The number of nitrogens with one attached hydrogen (secondary N) is 1. The Morgan fingerprint density at radius 2 is 1.79 bits per heavy atom. The Morgan fingerprint density at radius 3 is 2.43 bits per heavy atom. The molecule has 150 valence electrons. The summed E-state index contributed by atoms with van der Waals surface area (Å²) in [6.45, 7) is 1.33. The molecule has 1 heterocycles. The van der Waals surface area contributed by atoms with Gasteiger partial charge in [-0.25, -0.2) is 17.5 Å². The average Bonchev–Trinajstić information content (AvgIpc) is 2.73. The number of piperidine rings is 1. The third-order valence-corrected chi connectivity index (χ3v) is 6.13. The molecule has 0 aliphatic carbocycles. The van der Waals surface area contributed by atoms with Crippen molar-refractivity contribution >= 4 is 15.9 Å². The number of halogens is 1. The first kappa shape index (κ1) is 20.3. The van der Waals surface area contributed by atoms with Gasteiger partial charge in [-0.05, 0) is 55.2 Å². The van der Waals surface area contributed by atoms with Gasteiger partial charge < -0.3 is 9.64 Å². The number of likely N-dealkylation sites (tertiary alicyclic amines) is 1. The zero-order valence-electron chi connectivity index (χ0n) is 15.7. The molecular formula is C20H23FN2O4S. The number of methoxy groups -OCH3 is 1. The second-order valence-electron chi connectivity index (χ2n) is 6.67. The van der Waals surface area contributed by atoms with Gasteiger partial charge in [0.05, 0.1) is 17.6 Å². The summed E-state index contributed by atoms with van der Waals surface area (Å²) in [5.41, 5.74) is 0.858. The number of sulfonamides is 1. The van der Waals surface area contributed by atoms with Crippen LogP contribution in [-0.4, -0.2) is 39.4 Å². The Labute approximate surface area is 164 Å². The molecule has 8 heteroatoms. The molecule has 6 nitrogen and oxygen atoms in total. The van der Waals surface area contributed by atoms with E-state index in [0.717, 1.165) is 19.3 Å². The lowest BCUT2D eigenvalue weighted by atomic mass is 10.1. The highest BCUT2D eigenvalue weighted by molar-refractivity contribution is 7.89. The van der Waals surface area contributed by atoms with E-state index in [0.29, 0.717) is 24.4 Å². The van der Waals surface area contributed by atoms with Crippen LogP contribution in [0.2, 0.25) is 0 Å². The zero-order valence-corrected chi connectivity index (χ0v) is 16.5. The Hall–Kier alpha value is -2.45. The molecule has 1 aliphatic rings. The van der Waals surface area contributed by atoms with E-state index in [1.54, 1.807) is 4.90 Å². The SMILES string of the molecule is COc1ccc(S(=O)(=O)NCc2ccc(F)cc2)cc1C(=O)N1CCCCC1. The predicted molar refractivity (Wildman–Crippen MR) is 103 cm³/mol. The highest BCUT2D eigenvalue weighted by Crippen LogP contribution is 2.25. The topological polar surface area (TPSA) is 75.7 Å². The molecule has 3 rings (SSSR count). The van der Waals surface area contributed by atoms with Gasteiger partial charge in [0.15, 0.2) is 0 Å². The Morgan fingerprint density at radius 1 is 1.11 bits per heavy atom. The van der Waals surface area contributed by atoms with Crippen molar-refractivity contribution in [3.8, 4) is 5.75 Å². The maximum Gasteiger partial charge on any atom is 0.257 e. The second-order valence-corrected chi connectivity index (χ2v) is 8.43. The van der Waals surface area contributed by atoms with Crippen LogP contribution in [0.25, 0.3) is 0 Å². The summed E-state index contributed by atoms with van der Waals surface area (Å²) in [7, 11) is -2.40. The third-order valence-electron chi connectivity index (χ3n) is 4.73. The molecule has 1 amide bonds. The molecule has 0 bridgehead atoms. The molecule has 2 aromatic carbocycles. The van der Waals surface area contributed by atoms with E-state index >= 15 is 0 Å². The van der Waals surface area contributed by atoms with Gasteiger partial charge in [0.2, 0.25) is 10.0 Å². The van der Waals surface area contributed by atoms with Crippen molar-refractivity contribution in [2.24, 2.45) is 0 Å². The molecule has 2 aromatic rings. The van der Waals surface area contributed by atoms with Gasteiger partial charge in [0.25, 0.3) is 5.91 Å². The summed E-state index contributed by atoms with van der Waals surface area (Å²) in [5, 5.41) is 0. The van der Waals surface area contributed by atoms with Crippen LogP contribution in [0.4, 0.5) is 4.39 Å². The normalized spacial score (nSPS) is 14.7. The monoisotopic (exact) mass is 406 g/mol. The van der Waals surface area contributed by atoms with Gasteiger partial charge in [0.1, 0.15) is 11.6 Å². The van der Waals surface area contributed by atoms with Crippen LogP contribution in [-0.2, 0) is 16.6 Å². The molecular weight excluding hydrogens is 383 g/mol. The fraction of sp³-hybridized carbons (Fsp3) is 0.350. The van der Waals surface area contributed by atoms with Crippen LogP contribution < -0.4 is 9.46 Å². The largest absolute Gasteiger partial charge is 0.496 e. The van der Waals surface area contributed by atoms with E-state index in [1.165, 1.54) is 49.6 Å². The van der Waals surface area contributed by atoms with Crippen LogP contribution in [0.1, 0.15) is 35.2 Å². The number of hydrogen-bond acceptors (Lipinski definition) is 4. The van der Waals surface area contributed by atoms with Crippen molar-refractivity contribution < 1.29 is 22.3 Å². The molecule has 0 spiro atoms. The van der Waals surface area contributed by atoms with Crippen molar-refractivity contribution in [3.63, 3.8) is 0 Å². The molecule has 1 fully saturated rings. The highest BCUT2D eigenvalue weighted by atomic mass is 32.2. The van der Waals surface area contributed by atoms with Gasteiger partial charge in [-0.2, -0.15) is 0 Å². The van der Waals surface area contributed by atoms with E-state index in [-0.39, 0.29) is 28.7 Å². The van der Waals surface area contributed by atoms with Crippen LogP contribution >= 0.6 is 0 Å². The summed E-state index contributed by atoms with van der Waals surface area (Å²) in [6.07, 6.45) is 2.96. The Kier molecular flexibility index (Phi) is 6.31. The van der Waals surface area contributed by atoms with E-state index < -0.39 is 10.0 Å². The van der Waals surface area contributed by atoms with Crippen molar-refractivity contribution in [2.45, 2.75) is 30.7 Å². The highest BCUT2D eigenvalue weighted by Gasteiger charge is 2.24. The Balaban J connectivity index is 1.82. The van der Waals surface area contributed by atoms with Gasteiger partial charge in [-0.15, -0.1) is 0 Å². The number of carbonyl (C=O) groups excluding carboxylic acids is 1. The number of carbonyl (C=O) groups is 1. The number of hydrogen-bond donors (Lipinski definition) is 1. The van der Waals surface area contributed by atoms with Crippen LogP contribution in [0, 0.1) is 5.82 Å². The van der Waals surface area contributed by atoms with E-state index in [1.807, 2.05) is 0 Å². The molecule has 0 unspecified atom stereocenters. The molecule has 1 saturated heterocycles. The molecule has 1 aliphatic heterocycles. The molecule has 1 N–H and O–H groups in total. The van der Waals surface area contributed by atoms with Crippen LogP contribution in [0.5, 0.6) is 5.75 Å². The predicted octanol–water partition coefficient (Wildman–Crippen LogP) is 2.94. The first-order valence-corrected chi connectivity index (χ1v) is 10.6. The summed E-state index contributed by atoms with van der Waals surface area (Å²) in [4.78, 5) is 14.6. The van der Waals surface area contributed by atoms with Crippen molar-refractivity contribution in [3.05, 3.63) is 59.4 Å². The fourth-order valence-corrected chi connectivity index (χ4v) is 4.20. The summed E-state index contributed by atoms with van der Waals surface area (Å²) in [6, 6.07) is 9.80. The molecule has 0 aromatic heterocycles. The molecule has 0 atom stereocenters. The van der Waals surface area contributed by atoms with Crippen molar-refractivity contribution in [1.82, 2.24) is 9.62 Å². The lowest BCUT2D eigenvalue weighted by Gasteiger charge is -2.27. The lowest BCUT2D eigenvalue weighted by Crippen LogP contribution is -2.36. The van der Waals surface area contributed by atoms with Crippen molar-refractivity contribution in [2.75, 3.05) is 20.2 Å². The first-order valence-electron chi connectivity index (χ1n) is 9.12. The molecule has 28 heavy (non-hydrogen) atoms. The minimum atomic E-state index is -3.85. The van der Waals surface area contributed by atoms with Gasteiger partial charge in [-0.3, -0.25) is 4.79 Å². The van der Waals surface area contributed by atoms with E-state index in [9.17, 15) is 17.6 Å². The van der Waals surface area contributed by atoms with Gasteiger partial charge in [0, 0.05) is 19.6 Å². The fourth-order valence-electron chi connectivity index (χ4n) is 3.15. The van der Waals surface area contributed by atoms with E-state index in [2.05, 4.69) is 4.72 Å². The smallest absolute Gasteiger partial charge is 0.257 e. The number of benzene rings is 2. The third kappa shape index (κ3) is 4.69. The summed E-state index contributed by atoms with van der Waals surface area (Å²) < 4.78 is 46.1. The van der Waals surface area contributed by atoms with Gasteiger partial charge in [-0.1, -0.05) is 12.1 Å². The van der Waals surface area contributed by atoms with E-state index in [4.69, 9.17) is 4.74 Å². The maximum atomic E-state index is 13.0. The van der Waals surface area contributed by atoms with Crippen LogP contribution in [0.3, 0.4) is 0 Å². The van der Waals surface area contributed by atoms with Crippen LogP contribution in [0.15, 0.2) is 47.4 Å². The maximum absolute atomic E-state index is 13.0. The number of rotatable bonds is 6. The number of nitrogens with zero attached hydrogens (tertiary/aromatic N) is 1. The minimum absolute atomic E-state index is 0.0178. The number of ether oxygens (including phenoxy) is 1. The first-order chi connectivity index (χ1) is 13.4. The summed E-state index contributed by atoms with van der Waals surface area (Å²) in [5.74, 6) is -0.275. The minimum Gasteiger partial charge on any atom is -0.496 e. The zero-order chi connectivity index (χ0) is 20.1. The number of amides is 1. The van der Waals surface area contributed by atoms with Crippen molar-refractivity contribution in [1.29, 1.82) is 0 Å². The second kappa shape index (κ2) is 8.70. The molecule has 0 saturated carbocycles. The standard InChI is InChI=1S/C20H23FN2O4S/c1-27-19-10-9-17(13-18(19)20(24)23-11-3-2-4-12-23)28(25,26)22-14-15-5-7-16(21)8-6-15/h5-10,13,22H,2-4,11-12,14H2,1H3. The van der Waals surface area contributed by atoms with Gasteiger partial charge >= 0.3 is 0 Å². The lowest BCUT2D eigenvalue weighted by molar-refractivity contribution is 0.0720. The average molecular weight is 406 g/mol. The Bertz CT molecular complexity index is 939.